The van der Waals surface area contributed by atoms with Crippen LogP contribution in [0.1, 0.15) is 41.9 Å². The third-order valence-electron chi connectivity index (χ3n) is 5.59. The number of rotatable bonds is 6. The summed E-state index contributed by atoms with van der Waals surface area (Å²) in [6.45, 7) is 4.61. The van der Waals surface area contributed by atoms with Gasteiger partial charge in [-0.2, -0.15) is 0 Å². The minimum absolute atomic E-state index is 0.0208. The number of carbonyl (C=O) groups is 1. The number of imidazole rings is 1. The van der Waals surface area contributed by atoms with Gasteiger partial charge >= 0.3 is 0 Å². The van der Waals surface area contributed by atoms with Crippen molar-refractivity contribution in [3.8, 4) is 11.5 Å². The molecule has 6 heteroatoms. The Balaban J connectivity index is 1.64. The number of hydrogen-bond donors (Lipinski definition) is 1. The van der Waals surface area contributed by atoms with E-state index in [1.807, 2.05) is 67.3 Å². The van der Waals surface area contributed by atoms with E-state index < -0.39 is 6.10 Å². The van der Waals surface area contributed by atoms with Gasteiger partial charge in [-0.05, 0) is 43.2 Å². The number of benzene rings is 2. The smallest absolute Gasteiger partial charge is 0.264 e. The van der Waals surface area contributed by atoms with Gasteiger partial charge in [0, 0.05) is 18.7 Å². The lowest BCUT2D eigenvalue weighted by atomic mass is 9.94. The topological polar surface area (TPSA) is 67.5 Å². The van der Waals surface area contributed by atoms with Gasteiger partial charge in [0.1, 0.15) is 17.5 Å². The Hall–Kier alpha value is -3.28. The normalized spacial score (nSPS) is 16.6. The fraction of sp³-hybridized carbons (Fsp3) is 0.333. The summed E-state index contributed by atoms with van der Waals surface area (Å²) in [5.74, 6) is 1.47. The Morgan fingerprint density at radius 3 is 2.53 bits per heavy atom. The summed E-state index contributed by atoms with van der Waals surface area (Å²) in [5.41, 5.74) is 4.13. The standard InChI is InChI=1S/C24H27N3O3/c1-4-21(30-19-9-5-16(2)6-10-19)24(28)27-14-13-20-22(26-15-25-20)23(27)17-7-11-18(29-3)12-8-17/h5-12,15,21,23H,4,13-14H2,1-3H3,(H,25,26)/t21-,23+/m1/s1. The number of aromatic amines is 1. The molecule has 6 nitrogen and oxygen atoms in total. The number of H-pyrrole nitrogens is 1. The largest absolute Gasteiger partial charge is 0.497 e. The average Bonchev–Trinajstić information content (AvgIpc) is 3.26. The van der Waals surface area contributed by atoms with Gasteiger partial charge in [-0.1, -0.05) is 36.8 Å². The van der Waals surface area contributed by atoms with E-state index in [2.05, 4.69) is 9.97 Å². The molecule has 0 bridgehead atoms. The zero-order chi connectivity index (χ0) is 21.1. The summed E-state index contributed by atoms with van der Waals surface area (Å²) in [6, 6.07) is 15.4. The van der Waals surface area contributed by atoms with Gasteiger partial charge < -0.3 is 19.4 Å². The predicted octanol–water partition coefficient (Wildman–Crippen LogP) is 4.06. The molecule has 2 atom stereocenters. The van der Waals surface area contributed by atoms with Crippen molar-refractivity contribution in [3.63, 3.8) is 0 Å². The first kappa shape index (κ1) is 20.0. The van der Waals surface area contributed by atoms with Gasteiger partial charge in [0.15, 0.2) is 6.10 Å². The van der Waals surface area contributed by atoms with Crippen LogP contribution < -0.4 is 9.47 Å². The van der Waals surface area contributed by atoms with Crippen LogP contribution in [0, 0.1) is 6.92 Å². The first-order valence-electron chi connectivity index (χ1n) is 10.3. The Bertz CT molecular complexity index is 995. The molecule has 30 heavy (non-hydrogen) atoms. The van der Waals surface area contributed by atoms with Gasteiger partial charge in [0.25, 0.3) is 5.91 Å². The van der Waals surface area contributed by atoms with E-state index in [9.17, 15) is 4.79 Å². The third-order valence-corrected chi connectivity index (χ3v) is 5.59. The summed E-state index contributed by atoms with van der Waals surface area (Å²) >= 11 is 0. The van der Waals surface area contributed by atoms with E-state index in [0.29, 0.717) is 18.7 Å². The summed E-state index contributed by atoms with van der Waals surface area (Å²) in [7, 11) is 1.64. The summed E-state index contributed by atoms with van der Waals surface area (Å²) < 4.78 is 11.4. The molecule has 1 aliphatic heterocycles. The van der Waals surface area contributed by atoms with Crippen molar-refractivity contribution in [2.24, 2.45) is 0 Å². The number of nitrogens with one attached hydrogen (secondary N) is 1. The Kier molecular flexibility index (Phi) is 5.74. The first-order chi connectivity index (χ1) is 14.6. The second-order valence-corrected chi connectivity index (χ2v) is 7.55. The Morgan fingerprint density at radius 1 is 1.17 bits per heavy atom. The first-order valence-corrected chi connectivity index (χ1v) is 10.3. The Morgan fingerprint density at radius 2 is 1.87 bits per heavy atom. The molecule has 1 amide bonds. The van der Waals surface area contributed by atoms with Crippen molar-refractivity contribution in [2.45, 2.75) is 38.8 Å². The molecule has 0 saturated carbocycles. The van der Waals surface area contributed by atoms with Gasteiger partial charge in [0.05, 0.1) is 19.1 Å². The monoisotopic (exact) mass is 405 g/mol. The number of methoxy groups -OCH3 is 1. The van der Waals surface area contributed by atoms with Crippen LogP contribution in [-0.4, -0.2) is 40.5 Å². The van der Waals surface area contributed by atoms with E-state index in [0.717, 1.165) is 34.7 Å². The maximum atomic E-state index is 13.6. The van der Waals surface area contributed by atoms with Crippen LogP contribution in [0.25, 0.3) is 0 Å². The molecule has 4 rings (SSSR count). The SMILES string of the molecule is CC[C@@H](Oc1ccc(C)cc1)C(=O)N1CCc2[nH]cnc2[C@@H]1c1ccc(OC)cc1. The highest BCUT2D eigenvalue weighted by Gasteiger charge is 2.37. The maximum Gasteiger partial charge on any atom is 0.264 e. The Labute approximate surface area is 176 Å². The second-order valence-electron chi connectivity index (χ2n) is 7.55. The van der Waals surface area contributed by atoms with Crippen LogP contribution in [-0.2, 0) is 11.2 Å². The van der Waals surface area contributed by atoms with Crippen LogP contribution in [0.2, 0.25) is 0 Å². The maximum absolute atomic E-state index is 13.6. The van der Waals surface area contributed by atoms with Gasteiger partial charge in [-0.25, -0.2) is 4.98 Å². The highest BCUT2D eigenvalue weighted by atomic mass is 16.5. The van der Waals surface area contributed by atoms with E-state index in [-0.39, 0.29) is 11.9 Å². The molecule has 0 radical (unpaired) electrons. The number of aromatic nitrogens is 2. The molecular weight excluding hydrogens is 378 g/mol. The molecule has 1 N–H and O–H groups in total. The van der Waals surface area contributed by atoms with Crippen molar-refractivity contribution >= 4 is 5.91 Å². The van der Waals surface area contributed by atoms with Crippen molar-refractivity contribution in [2.75, 3.05) is 13.7 Å². The fourth-order valence-corrected chi connectivity index (χ4v) is 3.91. The number of nitrogens with zero attached hydrogens (tertiary/aromatic N) is 2. The summed E-state index contributed by atoms with van der Waals surface area (Å²) in [5, 5.41) is 0. The minimum Gasteiger partial charge on any atom is -0.497 e. The van der Waals surface area contributed by atoms with E-state index in [1.165, 1.54) is 0 Å². The van der Waals surface area contributed by atoms with Crippen LogP contribution >= 0.6 is 0 Å². The fourth-order valence-electron chi connectivity index (χ4n) is 3.91. The molecule has 0 unspecified atom stereocenters. The highest BCUT2D eigenvalue weighted by Crippen LogP contribution is 2.35. The number of aryl methyl sites for hydroxylation is 1. The zero-order valence-corrected chi connectivity index (χ0v) is 17.6. The number of ether oxygens (including phenoxy) is 2. The lowest BCUT2D eigenvalue weighted by molar-refractivity contribution is -0.141. The number of carbonyl (C=O) groups excluding carboxylic acids is 1. The quantitative estimate of drug-likeness (QED) is 0.672. The molecule has 2 aromatic carbocycles. The lowest BCUT2D eigenvalue weighted by Crippen LogP contribution is -2.47. The van der Waals surface area contributed by atoms with Crippen LogP contribution in [0.3, 0.4) is 0 Å². The molecule has 1 aliphatic rings. The molecule has 0 spiro atoms. The van der Waals surface area contributed by atoms with Crippen LogP contribution in [0.4, 0.5) is 0 Å². The lowest BCUT2D eigenvalue weighted by Gasteiger charge is -2.37. The minimum atomic E-state index is -0.547. The molecule has 0 fully saturated rings. The van der Waals surface area contributed by atoms with Gasteiger partial charge in [-0.15, -0.1) is 0 Å². The summed E-state index contributed by atoms with van der Waals surface area (Å²) in [6.07, 6.45) is 2.49. The van der Waals surface area contributed by atoms with E-state index in [1.54, 1.807) is 13.4 Å². The predicted molar refractivity (Wildman–Crippen MR) is 115 cm³/mol. The number of hydrogen-bond acceptors (Lipinski definition) is 4. The average molecular weight is 405 g/mol. The molecule has 0 aliphatic carbocycles. The van der Waals surface area contributed by atoms with Crippen molar-refractivity contribution in [1.82, 2.24) is 14.9 Å². The summed E-state index contributed by atoms with van der Waals surface area (Å²) in [4.78, 5) is 23.2. The zero-order valence-electron chi connectivity index (χ0n) is 17.6. The van der Waals surface area contributed by atoms with Crippen molar-refractivity contribution in [1.29, 1.82) is 0 Å². The van der Waals surface area contributed by atoms with Crippen molar-refractivity contribution < 1.29 is 14.3 Å². The number of amides is 1. The van der Waals surface area contributed by atoms with Gasteiger partial charge in [-0.3, -0.25) is 4.79 Å². The number of fused-ring (bicyclic) bond motifs is 1. The second kappa shape index (κ2) is 8.61. The molecule has 2 heterocycles. The molecule has 0 saturated heterocycles. The van der Waals surface area contributed by atoms with E-state index in [4.69, 9.17) is 9.47 Å². The van der Waals surface area contributed by atoms with Crippen molar-refractivity contribution in [3.05, 3.63) is 77.4 Å². The van der Waals surface area contributed by atoms with Gasteiger partial charge in [0.2, 0.25) is 0 Å². The molecule has 3 aromatic rings. The molecular formula is C24H27N3O3. The third kappa shape index (κ3) is 3.90. The van der Waals surface area contributed by atoms with Crippen LogP contribution in [0.5, 0.6) is 11.5 Å². The molecule has 1 aromatic heterocycles. The van der Waals surface area contributed by atoms with Crippen LogP contribution in [0.15, 0.2) is 54.9 Å². The van der Waals surface area contributed by atoms with E-state index >= 15 is 0 Å². The molecule has 156 valence electrons. The highest BCUT2D eigenvalue weighted by molar-refractivity contribution is 5.82.